The van der Waals surface area contributed by atoms with Gasteiger partial charge in [-0.2, -0.15) is 4.98 Å². The Hall–Kier alpha value is -1.85. The molecule has 1 N–H and O–H groups in total. The molecule has 0 unspecified atom stereocenters. The van der Waals surface area contributed by atoms with Crippen LogP contribution in [0.5, 0.6) is 11.6 Å². The first-order valence-electron chi connectivity index (χ1n) is 6.68. The fourth-order valence-electron chi connectivity index (χ4n) is 2.22. The number of thiazole rings is 1. The van der Waals surface area contributed by atoms with E-state index >= 15 is 0 Å². The maximum Gasteiger partial charge on any atom is 0.243 e. The molecule has 20 heavy (non-hydrogen) atoms. The molecule has 0 saturated carbocycles. The predicted octanol–water partition coefficient (Wildman–Crippen LogP) is 3.47. The molecule has 4 nitrogen and oxygen atoms in total. The Morgan fingerprint density at radius 3 is 3.00 bits per heavy atom. The third-order valence-electron chi connectivity index (χ3n) is 3.23. The van der Waals surface area contributed by atoms with Crippen molar-refractivity contribution in [3.63, 3.8) is 0 Å². The first kappa shape index (κ1) is 13.1. The van der Waals surface area contributed by atoms with E-state index in [1.165, 1.54) is 5.56 Å². The van der Waals surface area contributed by atoms with Crippen LogP contribution in [0.2, 0.25) is 0 Å². The number of nitrogens with zero attached hydrogens (tertiary/aromatic N) is 2. The van der Waals surface area contributed by atoms with Crippen LogP contribution < -0.4 is 10.1 Å². The highest BCUT2D eigenvalue weighted by atomic mass is 32.1. The van der Waals surface area contributed by atoms with Crippen molar-refractivity contribution < 1.29 is 4.74 Å². The van der Waals surface area contributed by atoms with Crippen LogP contribution in [0.4, 0.5) is 0 Å². The van der Waals surface area contributed by atoms with Crippen molar-refractivity contribution in [2.75, 3.05) is 7.05 Å². The third-order valence-corrected chi connectivity index (χ3v) is 3.99. The number of imidazole rings is 1. The molecular weight excluding hydrogens is 270 g/mol. The van der Waals surface area contributed by atoms with Gasteiger partial charge in [0.25, 0.3) is 0 Å². The van der Waals surface area contributed by atoms with Gasteiger partial charge in [-0.15, -0.1) is 11.3 Å². The van der Waals surface area contributed by atoms with Gasteiger partial charge in [-0.25, -0.2) is 0 Å². The van der Waals surface area contributed by atoms with Crippen LogP contribution in [0.15, 0.2) is 35.8 Å². The molecule has 1 aromatic carbocycles. The average molecular weight is 287 g/mol. The Morgan fingerprint density at radius 2 is 2.20 bits per heavy atom. The van der Waals surface area contributed by atoms with Gasteiger partial charge in [-0.3, -0.25) is 4.40 Å². The van der Waals surface area contributed by atoms with Crippen LogP contribution >= 0.6 is 11.3 Å². The minimum atomic E-state index is 0.687. The SMILES string of the molecule is CCc1ccccc1Oc1nc2sccn2c1CNC. The predicted molar refractivity (Wildman–Crippen MR) is 81.7 cm³/mol. The van der Waals surface area contributed by atoms with Crippen LogP contribution in [0.1, 0.15) is 18.2 Å². The number of fused-ring (bicyclic) bond motifs is 1. The van der Waals surface area contributed by atoms with Gasteiger partial charge in [0.2, 0.25) is 5.88 Å². The van der Waals surface area contributed by atoms with E-state index in [1.807, 2.05) is 36.8 Å². The van der Waals surface area contributed by atoms with Crippen LogP contribution in [0, 0.1) is 0 Å². The number of hydrogen-bond donors (Lipinski definition) is 1. The van der Waals surface area contributed by atoms with E-state index in [1.54, 1.807) is 11.3 Å². The molecule has 3 rings (SSSR count). The molecule has 0 aliphatic rings. The molecule has 0 aliphatic heterocycles. The first-order valence-corrected chi connectivity index (χ1v) is 7.56. The minimum absolute atomic E-state index is 0.687. The maximum absolute atomic E-state index is 6.06. The fraction of sp³-hybridized carbons (Fsp3) is 0.267. The van der Waals surface area contributed by atoms with Gasteiger partial charge in [0.05, 0.1) is 0 Å². The Morgan fingerprint density at radius 1 is 1.35 bits per heavy atom. The molecule has 0 radical (unpaired) electrons. The van der Waals surface area contributed by atoms with Gasteiger partial charge in [0.1, 0.15) is 11.4 Å². The van der Waals surface area contributed by atoms with Gasteiger partial charge in [-0.1, -0.05) is 25.1 Å². The summed E-state index contributed by atoms with van der Waals surface area (Å²) in [5, 5.41) is 5.20. The van der Waals surface area contributed by atoms with Gasteiger partial charge in [0.15, 0.2) is 4.96 Å². The van der Waals surface area contributed by atoms with Crippen LogP contribution in [-0.2, 0) is 13.0 Å². The van der Waals surface area contributed by atoms with Crippen molar-refractivity contribution in [3.05, 3.63) is 47.1 Å². The number of aryl methyl sites for hydroxylation is 1. The Kier molecular flexibility index (Phi) is 3.71. The Labute approximate surface area is 122 Å². The van der Waals surface area contributed by atoms with Crippen LogP contribution in [-0.4, -0.2) is 16.4 Å². The molecule has 104 valence electrons. The highest BCUT2D eigenvalue weighted by molar-refractivity contribution is 7.15. The number of hydrogen-bond acceptors (Lipinski definition) is 4. The second-order valence-electron chi connectivity index (χ2n) is 4.51. The monoisotopic (exact) mass is 287 g/mol. The molecule has 0 bridgehead atoms. The summed E-state index contributed by atoms with van der Waals surface area (Å²) in [5.74, 6) is 1.57. The van der Waals surface area contributed by atoms with Crippen LogP contribution in [0.25, 0.3) is 4.96 Å². The molecule has 0 aliphatic carbocycles. The summed E-state index contributed by atoms with van der Waals surface area (Å²) in [5.41, 5.74) is 2.24. The number of aromatic nitrogens is 2. The first-order chi connectivity index (χ1) is 9.83. The summed E-state index contributed by atoms with van der Waals surface area (Å²) in [6, 6.07) is 8.11. The zero-order chi connectivity index (χ0) is 13.9. The van der Waals surface area contributed by atoms with Crippen molar-refractivity contribution in [2.24, 2.45) is 0 Å². The van der Waals surface area contributed by atoms with Gasteiger partial charge < -0.3 is 10.1 Å². The molecule has 2 heterocycles. The fourth-order valence-corrected chi connectivity index (χ4v) is 2.95. The van der Waals surface area contributed by atoms with Crippen LogP contribution in [0.3, 0.4) is 0 Å². The molecule has 2 aromatic heterocycles. The Balaban J connectivity index is 2.01. The standard InChI is InChI=1S/C15H17N3OS/c1-3-11-6-4-5-7-13(11)19-14-12(10-16-2)18-8-9-20-15(18)17-14/h4-9,16H,3,10H2,1-2H3. The van der Waals surface area contributed by atoms with Gasteiger partial charge in [-0.05, 0) is 25.1 Å². The zero-order valence-electron chi connectivity index (χ0n) is 11.6. The van der Waals surface area contributed by atoms with Crippen molar-refractivity contribution in [1.29, 1.82) is 0 Å². The smallest absolute Gasteiger partial charge is 0.243 e. The molecule has 0 spiro atoms. The van der Waals surface area contributed by atoms with Crippen molar-refractivity contribution >= 4 is 16.3 Å². The lowest BCUT2D eigenvalue weighted by atomic mass is 10.1. The molecule has 0 fully saturated rings. The number of nitrogens with one attached hydrogen (secondary N) is 1. The number of benzene rings is 1. The summed E-state index contributed by atoms with van der Waals surface area (Å²) < 4.78 is 8.14. The van der Waals surface area contributed by atoms with E-state index in [4.69, 9.17) is 4.74 Å². The highest BCUT2D eigenvalue weighted by Crippen LogP contribution is 2.30. The highest BCUT2D eigenvalue weighted by Gasteiger charge is 2.15. The van der Waals surface area contributed by atoms with Gasteiger partial charge >= 0.3 is 0 Å². The molecule has 0 atom stereocenters. The average Bonchev–Trinajstić information content (AvgIpc) is 3.03. The van der Waals surface area contributed by atoms with E-state index in [0.717, 1.165) is 29.4 Å². The summed E-state index contributed by atoms with van der Waals surface area (Å²) >= 11 is 1.61. The molecule has 5 heteroatoms. The molecule has 3 aromatic rings. The van der Waals surface area contributed by atoms with Gasteiger partial charge in [0, 0.05) is 18.1 Å². The van der Waals surface area contributed by atoms with Crippen molar-refractivity contribution in [1.82, 2.24) is 14.7 Å². The maximum atomic E-state index is 6.06. The second kappa shape index (κ2) is 5.64. The number of para-hydroxylation sites is 1. The summed E-state index contributed by atoms with van der Waals surface area (Å²) in [6.45, 7) is 2.85. The van der Waals surface area contributed by atoms with E-state index in [-0.39, 0.29) is 0 Å². The summed E-state index contributed by atoms with van der Waals surface area (Å²) in [4.78, 5) is 5.54. The summed E-state index contributed by atoms with van der Waals surface area (Å²) in [7, 11) is 1.93. The van der Waals surface area contributed by atoms with Crippen molar-refractivity contribution in [2.45, 2.75) is 19.9 Å². The molecular formula is C15H17N3OS. The quantitative estimate of drug-likeness (QED) is 0.781. The molecule has 0 saturated heterocycles. The van der Waals surface area contributed by atoms with E-state index < -0.39 is 0 Å². The largest absolute Gasteiger partial charge is 0.437 e. The normalized spacial score (nSPS) is 11.1. The third kappa shape index (κ3) is 2.30. The van der Waals surface area contributed by atoms with Crippen molar-refractivity contribution in [3.8, 4) is 11.6 Å². The lowest BCUT2D eigenvalue weighted by molar-refractivity contribution is 0.452. The number of ether oxygens (including phenoxy) is 1. The number of rotatable bonds is 5. The van der Waals surface area contributed by atoms with E-state index in [0.29, 0.717) is 5.88 Å². The minimum Gasteiger partial charge on any atom is -0.437 e. The molecule has 0 amide bonds. The lowest BCUT2D eigenvalue weighted by Crippen LogP contribution is -2.08. The van der Waals surface area contributed by atoms with E-state index in [2.05, 4.69) is 27.7 Å². The lowest BCUT2D eigenvalue weighted by Gasteiger charge is -2.09. The second-order valence-corrected chi connectivity index (χ2v) is 5.39. The zero-order valence-corrected chi connectivity index (χ0v) is 12.4. The summed E-state index contributed by atoms with van der Waals surface area (Å²) in [6.07, 6.45) is 2.97. The Bertz CT molecular complexity index is 717. The topological polar surface area (TPSA) is 38.6 Å². The van der Waals surface area contributed by atoms with E-state index in [9.17, 15) is 0 Å².